The van der Waals surface area contributed by atoms with Crippen LogP contribution in [0.15, 0.2) is 24.3 Å². The molecule has 182 valence electrons. The Bertz CT molecular complexity index is 719. The number of ether oxygens (including phenoxy) is 2. The van der Waals surface area contributed by atoms with Gasteiger partial charge in [-0.05, 0) is 42.2 Å². The molecule has 2 atom stereocenters. The highest BCUT2D eigenvalue weighted by Gasteiger charge is 2.40. The molecule has 0 aliphatic rings. The molecule has 0 spiro atoms. The van der Waals surface area contributed by atoms with E-state index in [2.05, 4.69) is 33.9 Å². The Hall–Kier alpha value is -1.15. The third kappa shape index (κ3) is 10.6. The van der Waals surface area contributed by atoms with Crippen molar-refractivity contribution in [2.45, 2.75) is 102 Å². The maximum atomic E-state index is 12.8. The molecule has 0 fully saturated rings. The summed E-state index contributed by atoms with van der Waals surface area (Å²) in [6.07, 6.45) is 1.39. The first-order valence-corrected chi connectivity index (χ1v) is 15.0. The van der Waals surface area contributed by atoms with Crippen molar-refractivity contribution < 1.29 is 23.5 Å². The van der Waals surface area contributed by atoms with Gasteiger partial charge in [0.2, 0.25) is 0 Å². The SMILES string of the molecule is COc1ccc(CO[C@@H](CC=O)C[C@H](CC(=O)SC(C)(C)C)O[Si](C)(C)C(C)(C)C)cc1. The molecule has 1 aromatic rings. The molecule has 0 aromatic heterocycles. The van der Waals surface area contributed by atoms with Crippen molar-refractivity contribution in [3.05, 3.63) is 29.8 Å². The molecule has 1 aromatic carbocycles. The molecule has 0 saturated carbocycles. The van der Waals surface area contributed by atoms with E-state index >= 15 is 0 Å². The lowest BCUT2D eigenvalue weighted by molar-refractivity contribution is -0.113. The molecule has 5 nitrogen and oxygen atoms in total. The summed E-state index contributed by atoms with van der Waals surface area (Å²) in [5.41, 5.74) is 1.00. The second-order valence-corrected chi connectivity index (χ2v) is 17.4. The molecule has 32 heavy (non-hydrogen) atoms. The van der Waals surface area contributed by atoms with Crippen LogP contribution in [0.25, 0.3) is 0 Å². The Kier molecular flexibility index (Phi) is 11.1. The number of methoxy groups -OCH3 is 1. The number of aldehydes is 1. The highest BCUT2D eigenvalue weighted by Crippen LogP contribution is 2.39. The first-order valence-electron chi connectivity index (χ1n) is 11.2. The number of thioether (sulfide) groups is 1. The van der Waals surface area contributed by atoms with E-state index in [0.29, 0.717) is 19.4 Å². The average Bonchev–Trinajstić information content (AvgIpc) is 2.63. The van der Waals surface area contributed by atoms with E-state index in [9.17, 15) is 9.59 Å². The monoisotopic (exact) mass is 482 g/mol. The summed E-state index contributed by atoms with van der Waals surface area (Å²) in [7, 11) is -0.468. The molecule has 0 amide bonds. The number of hydrogen-bond acceptors (Lipinski definition) is 6. The summed E-state index contributed by atoms with van der Waals surface area (Å²) in [5, 5.41) is 0.136. The predicted octanol–water partition coefficient (Wildman–Crippen LogP) is 6.40. The molecule has 7 heteroatoms. The van der Waals surface area contributed by atoms with Crippen molar-refractivity contribution in [3.8, 4) is 5.75 Å². The van der Waals surface area contributed by atoms with Gasteiger partial charge < -0.3 is 18.7 Å². The van der Waals surface area contributed by atoms with Gasteiger partial charge >= 0.3 is 0 Å². The van der Waals surface area contributed by atoms with Crippen LogP contribution in [0.1, 0.15) is 66.4 Å². The van der Waals surface area contributed by atoms with Gasteiger partial charge in [-0.15, -0.1) is 0 Å². The molecule has 1 rings (SSSR count). The van der Waals surface area contributed by atoms with Gasteiger partial charge in [-0.25, -0.2) is 0 Å². The number of rotatable bonds is 12. The molecule has 0 N–H and O–H groups in total. The Balaban J connectivity index is 2.94. The van der Waals surface area contributed by atoms with Crippen molar-refractivity contribution in [3.63, 3.8) is 0 Å². The maximum Gasteiger partial charge on any atom is 0.192 e. The summed E-state index contributed by atoms with van der Waals surface area (Å²) >= 11 is 1.35. The topological polar surface area (TPSA) is 61.8 Å². The van der Waals surface area contributed by atoms with Gasteiger partial charge in [-0.1, -0.05) is 65.4 Å². The molecular weight excluding hydrogens is 440 g/mol. The zero-order valence-corrected chi connectivity index (χ0v) is 23.1. The van der Waals surface area contributed by atoms with Crippen LogP contribution < -0.4 is 4.74 Å². The normalized spacial score (nSPS) is 14.7. The van der Waals surface area contributed by atoms with Crippen LogP contribution in [0.5, 0.6) is 5.75 Å². The molecule has 0 radical (unpaired) electrons. The second-order valence-electron chi connectivity index (χ2n) is 10.7. The van der Waals surface area contributed by atoms with E-state index in [1.807, 2.05) is 45.0 Å². The van der Waals surface area contributed by atoms with Gasteiger partial charge in [-0.2, -0.15) is 0 Å². The molecule has 0 unspecified atom stereocenters. The van der Waals surface area contributed by atoms with Crippen LogP contribution in [0.4, 0.5) is 0 Å². The molecule has 0 saturated heterocycles. The Labute approximate surface area is 200 Å². The van der Waals surface area contributed by atoms with E-state index < -0.39 is 8.32 Å². The number of benzene rings is 1. The van der Waals surface area contributed by atoms with Crippen LogP contribution in [0.2, 0.25) is 18.1 Å². The maximum absolute atomic E-state index is 12.8. The molecule has 0 aliphatic heterocycles. The molecular formula is C25H42O5SSi. The van der Waals surface area contributed by atoms with Gasteiger partial charge in [0.15, 0.2) is 13.4 Å². The third-order valence-corrected chi connectivity index (χ3v) is 11.2. The van der Waals surface area contributed by atoms with Crippen molar-refractivity contribution >= 4 is 31.5 Å². The van der Waals surface area contributed by atoms with Crippen molar-refractivity contribution in [1.29, 1.82) is 0 Å². The zero-order chi connectivity index (χ0) is 24.6. The lowest BCUT2D eigenvalue weighted by atomic mass is 10.1. The van der Waals surface area contributed by atoms with Crippen LogP contribution in [0.3, 0.4) is 0 Å². The highest BCUT2D eigenvalue weighted by molar-refractivity contribution is 8.14. The number of carbonyl (C=O) groups is 2. The summed E-state index contributed by atoms with van der Waals surface area (Å²) in [5.74, 6) is 0.788. The third-order valence-electron chi connectivity index (χ3n) is 5.61. The summed E-state index contributed by atoms with van der Waals surface area (Å²) in [6, 6.07) is 7.67. The number of carbonyl (C=O) groups excluding carboxylic acids is 2. The second kappa shape index (κ2) is 12.3. The Morgan fingerprint density at radius 3 is 2.12 bits per heavy atom. The lowest BCUT2D eigenvalue weighted by Gasteiger charge is -2.40. The fourth-order valence-electron chi connectivity index (χ4n) is 2.90. The summed E-state index contributed by atoms with van der Waals surface area (Å²) in [4.78, 5) is 24.1. The van der Waals surface area contributed by atoms with Crippen molar-refractivity contribution in [2.75, 3.05) is 7.11 Å². The van der Waals surface area contributed by atoms with E-state index in [0.717, 1.165) is 17.6 Å². The highest BCUT2D eigenvalue weighted by atomic mass is 32.2. The first kappa shape index (κ1) is 28.9. The van der Waals surface area contributed by atoms with Gasteiger partial charge in [0.05, 0.1) is 25.9 Å². The van der Waals surface area contributed by atoms with E-state index in [-0.39, 0.29) is 33.5 Å². The minimum Gasteiger partial charge on any atom is -0.497 e. The van der Waals surface area contributed by atoms with Crippen molar-refractivity contribution in [1.82, 2.24) is 0 Å². The molecule has 0 aliphatic carbocycles. The van der Waals surface area contributed by atoms with E-state index in [1.54, 1.807) is 7.11 Å². The van der Waals surface area contributed by atoms with Gasteiger partial charge in [0.1, 0.15) is 12.0 Å². The quantitative estimate of drug-likeness (QED) is 0.254. The smallest absolute Gasteiger partial charge is 0.192 e. The number of hydrogen-bond donors (Lipinski definition) is 0. The van der Waals surface area contributed by atoms with Gasteiger partial charge in [0, 0.05) is 17.6 Å². The Morgan fingerprint density at radius 1 is 1.06 bits per heavy atom. The summed E-state index contributed by atoms with van der Waals surface area (Å²) < 4.78 is 17.8. The standard InChI is InChI=1S/C25H42O5SSi/c1-24(2,3)31-23(27)17-22(30-32(8,9)25(4,5)6)16-21(14-15-26)29-18-19-10-12-20(28-7)13-11-19/h10-13,15,21-22H,14,16-18H2,1-9H3/t21-,22+/m0/s1. The predicted molar refractivity (Wildman–Crippen MR) is 136 cm³/mol. The largest absolute Gasteiger partial charge is 0.497 e. The van der Waals surface area contributed by atoms with Crippen molar-refractivity contribution in [2.24, 2.45) is 0 Å². The summed E-state index contributed by atoms with van der Waals surface area (Å²) in [6.45, 7) is 17.4. The van der Waals surface area contributed by atoms with E-state index in [4.69, 9.17) is 13.9 Å². The first-order chi connectivity index (χ1) is 14.7. The van der Waals surface area contributed by atoms with E-state index in [1.165, 1.54) is 11.8 Å². The fourth-order valence-corrected chi connectivity index (χ4v) is 5.22. The fraction of sp³-hybridized carbons (Fsp3) is 0.680. The van der Waals surface area contributed by atoms with Crippen LogP contribution >= 0.6 is 11.8 Å². The van der Waals surface area contributed by atoms with Crippen LogP contribution in [-0.2, 0) is 25.4 Å². The lowest BCUT2D eigenvalue weighted by Crippen LogP contribution is -2.45. The minimum atomic E-state index is -2.10. The van der Waals surface area contributed by atoms with Crippen LogP contribution in [-0.4, -0.2) is 43.8 Å². The zero-order valence-electron chi connectivity index (χ0n) is 21.3. The van der Waals surface area contributed by atoms with Gasteiger partial charge in [0.25, 0.3) is 0 Å². The minimum absolute atomic E-state index is 0.0234. The van der Waals surface area contributed by atoms with Crippen LogP contribution in [0, 0.1) is 0 Å². The van der Waals surface area contributed by atoms with Gasteiger partial charge in [-0.3, -0.25) is 4.79 Å². The molecule has 0 heterocycles. The Morgan fingerprint density at radius 2 is 1.66 bits per heavy atom. The average molecular weight is 483 g/mol. The molecule has 0 bridgehead atoms.